The van der Waals surface area contributed by atoms with Crippen molar-refractivity contribution in [3.63, 3.8) is 0 Å². The van der Waals surface area contributed by atoms with Crippen LogP contribution in [0.5, 0.6) is 0 Å². The standard InChI is InChI=1S/C24H21N7O/c1-2-22(17-6-4-3-5-7-17)30-15-21(14-27-30)29-24(32)31-23-10-18(8-9-19(23)13-28-31)20-11-25-16-26-12-20/h3-16,22H,2H2,1H3,(H,29,32). The molecule has 1 amide bonds. The van der Waals surface area contributed by atoms with Crippen molar-refractivity contribution in [3.05, 3.63) is 91.4 Å². The largest absolute Gasteiger partial charge is 0.347 e. The minimum atomic E-state index is -0.353. The molecule has 0 saturated carbocycles. The van der Waals surface area contributed by atoms with Gasteiger partial charge in [0.1, 0.15) is 6.33 Å². The van der Waals surface area contributed by atoms with Gasteiger partial charge in [0.2, 0.25) is 0 Å². The minimum absolute atomic E-state index is 0.100. The number of anilines is 1. The molecule has 158 valence electrons. The van der Waals surface area contributed by atoms with Crippen LogP contribution in [0.2, 0.25) is 0 Å². The van der Waals surface area contributed by atoms with Crippen LogP contribution in [-0.4, -0.2) is 35.6 Å². The van der Waals surface area contributed by atoms with Crippen LogP contribution in [-0.2, 0) is 0 Å². The van der Waals surface area contributed by atoms with E-state index >= 15 is 0 Å². The van der Waals surface area contributed by atoms with Gasteiger partial charge in [0, 0.05) is 29.5 Å². The summed E-state index contributed by atoms with van der Waals surface area (Å²) in [4.78, 5) is 21.1. The Labute approximate surface area is 184 Å². The molecule has 0 fully saturated rings. The Morgan fingerprint density at radius 3 is 2.56 bits per heavy atom. The van der Waals surface area contributed by atoms with Crippen LogP contribution in [0.4, 0.5) is 10.5 Å². The van der Waals surface area contributed by atoms with Gasteiger partial charge in [-0.2, -0.15) is 14.9 Å². The zero-order valence-corrected chi connectivity index (χ0v) is 17.5. The lowest BCUT2D eigenvalue weighted by Gasteiger charge is -2.15. The highest BCUT2D eigenvalue weighted by Gasteiger charge is 2.16. The second kappa shape index (κ2) is 8.43. The van der Waals surface area contributed by atoms with Crippen LogP contribution >= 0.6 is 0 Å². The molecule has 2 aromatic carbocycles. The Bertz CT molecular complexity index is 1360. The van der Waals surface area contributed by atoms with E-state index in [0.29, 0.717) is 11.2 Å². The van der Waals surface area contributed by atoms with Gasteiger partial charge in [-0.1, -0.05) is 49.4 Å². The fraction of sp³-hybridized carbons (Fsp3) is 0.125. The molecule has 0 spiro atoms. The van der Waals surface area contributed by atoms with Gasteiger partial charge in [-0.3, -0.25) is 4.68 Å². The third-order valence-electron chi connectivity index (χ3n) is 5.40. The van der Waals surface area contributed by atoms with E-state index in [1.807, 2.05) is 47.3 Å². The van der Waals surface area contributed by atoms with E-state index in [2.05, 4.69) is 44.5 Å². The molecule has 3 heterocycles. The minimum Gasteiger partial charge on any atom is -0.303 e. The Morgan fingerprint density at radius 2 is 1.78 bits per heavy atom. The Balaban J connectivity index is 1.40. The van der Waals surface area contributed by atoms with Gasteiger partial charge in [0.05, 0.1) is 29.6 Å². The molecule has 0 aliphatic carbocycles. The third kappa shape index (κ3) is 3.74. The summed E-state index contributed by atoms with van der Waals surface area (Å²) in [6.45, 7) is 2.11. The highest BCUT2D eigenvalue weighted by molar-refractivity contribution is 5.98. The van der Waals surface area contributed by atoms with Gasteiger partial charge in [-0.05, 0) is 23.6 Å². The highest BCUT2D eigenvalue weighted by atomic mass is 16.2. The molecule has 0 bridgehead atoms. The molecular weight excluding hydrogens is 402 g/mol. The molecule has 5 aromatic rings. The van der Waals surface area contributed by atoms with Crippen molar-refractivity contribution >= 4 is 22.6 Å². The molecule has 32 heavy (non-hydrogen) atoms. The van der Waals surface area contributed by atoms with Gasteiger partial charge in [0.25, 0.3) is 0 Å². The molecule has 3 aromatic heterocycles. The first-order chi connectivity index (χ1) is 15.7. The summed E-state index contributed by atoms with van der Waals surface area (Å²) in [5.74, 6) is 0. The van der Waals surface area contributed by atoms with E-state index in [9.17, 15) is 4.79 Å². The maximum atomic E-state index is 13.0. The van der Waals surface area contributed by atoms with E-state index in [1.54, 1.807) is 24.8 Å². The summed E-state index contributed by atoms with van der Waals surface area (Å²) in [6, 6.07) is 15.7. The molecule has 5 rings (SSSR count). The second-order valence-corrected chi connectivity index (χ2v) is 7.43. The van der Waals surface area contributed by atoms with Crippen molar-refractivity contribution in [3.8, 4) is 11.1 Å². The Hall–Kier alpha value is -4.33. The monoisotopic (exact) mass is 423 g/mol. The van der Waals surface area contributed by atoms with Crippen molar-refractivity contribution in [2.45, 2.75) is 19.4 Å². The summed E-state index contributed by atoms with van der Waals surface area (Å²) in [7, 11) is 0. The molecule has 8 heteroatoms. The predicted octanol–water partition coefficient (Wildman–Crippen LogP) is 4.77. The number of amides is 1. The zero-order chi connectivity index (χ0) is 21.9. The number of fused-ring (bicyclic) bond motifs is 1. The average Bonchev–Trinajstić information content (AvgIpc) is 3.47. The normalized spacial score (nSPS) is 12.0. The van der Waals surface area contributed by atoms with Gasteiger partial charge in [-0.25, -0.2) is 14.8 Å². The quantitative estimate of drug-likeness (QED) is 0.440. The number of hydrogen-bond donors (Lipinski definition) is 1. The number of hydrogen-bond acceptors (Lipinski definition) is 5. The topological polar surface area (TPSA) is 90.5 Å². The molecule has 0 aliphatic rings. The van der Waals surface area contributed by atoms with Crippen molar-refractivity contribution in [2.24, 2.45) is 0 Å². The highest BCUT2D eigenvalue weighted by Crippen LogP contribution is 2.25. The summed E-state index contributed by atoms with van der Waals surface area (Å²) in [5, 5.41) is 12.5. The van der Waals surface area contributed by atoms with Crippen molar-refractivity contribution in [2.75, 3.05) is 5.32 Å². The van der Waals surface area contributed by atoms with Crippen LogP contribution in [0.3, 0.4) is 0 Å². The van der Waals surface area contributed by atoms with Crippen LogP contribution in [0, 0.1) is 0 Å². The van der Waals surface area contributed by atoms with Crippen LogP contribution in [0.1, 0.15) is 24.9 Å². The van der Waals surface area contributed by atoms with Gasteiger partial charge < -0.3 is 5.32 Å². The first kappa shape index (κ1) is 19.6. The number of carbonyl (C=O) groups excluding carboxylic acids is 1. The number of carbonyl (C=O) groups is 1. The lowest BCUT2D eigenvalue weighted by molar-refractivity contribution is 0.252. The Morgan fingerprint density at radius 1 is 0.969 bits per heavy atom. The number of nitrogens with one attached hydrogen (secondary N) is 1. The Kier molecular flexibility index (Phi) is 5.17. The smallest absolute Gasteiger partial charge is 0.303 e. The maximum absolute atomic E-state index is 13.0. The number of rotatable bonds is 5. The number of benzene rings is 2. The number of aromatic nitrogens is 6. The molecular formula is C24H21N7O. The van der Waals surface area contributed by atoms with Gasteiger partial charge in [0.15, 0.2) is 0 Å². The molecule has 0 saturated heterocycles. The van der Waals surface area contributed by atoms with Crippen molar-refractivity contribution < 1.29 is 4.79 Å². The molecule has 0 radical (unpaired) electrons. The molecule has 0 aliphatic heterocycles. The maximum Gasteiger partial charge on any atom is 0.347 e. The predicted molar refractivity (Wildman–Crippen MR) is 122 cm³/mol. The summed E-state index contributed by atoms with van der Waals surface area (Å²) < 4.78 is 3.23. The van der Waals surface area contributed by atoms with E-state index in [-0.39, 0.29) is 12.1 Å². The van der Waals surface area contributed by atoms with Crippen molar-refractivity contribution in [1.29, 1.82) is 0 Å². The lowest BCUT2D eigenvalue weighted by Crippen LogP contribution is -2.20. The number of nitrogens with zero attached hydrogens (tertiary/aromatic N) is 6. The van der Waals surface area contributed by atoms with E-state index in [4.69, 9.17) is 0 Å². The van der Waals surface area contributed by atoms with Gasteiger partial charge in [-0.15, -0.1) is 0 Å². The lowest BCUT2D eigenvalue weighted by atomic mass is 10.1. The molecule has 1 unspecified atom stereocenters. The first-order valence-electron chi connectivity index (χ1n) is 10.4. The second-order valence-electron chi connectivity index (χ2n) is 7.43. The molecule has 8 nitrogen and oxygen atoms in total. The molecule has 1 N–H and O–H groups in total. The fourth-order valence-electron chi connectivity index (χ4n) is 3.81. The van der Waals surface area contributed by atoms with Gasteiger partial charge >= 0.3 is 6.03 Å². The van der Waals surface area contributed by atoms with E-state index < -0.39 is 0 Å². The third-order valence-corrected chi connectivity index (χ3v) is 5.40. The fourth-order valence-corrected chi connectivity index (χ4v) is 3.81. The first-order valence-corrected chi connectivity index (χ1v) is 10.4. The van der Waals surface area contributed by atoms with E-state index in [1.165, 1.54) is 16.6 Å². The summed E-state index contributed by atoms with van der Waals surface area (Å²) in [6.07, 6.45) is 11.0. The summed E-state index contributed by atoms with van der Waals surface area (Å²) in [5.41, 5.74) is 4.27. The van der Waals surface area contributed by atoms with Crippen molar-refractivity contribution in [1.82, 2.24) is 29.5 Å². The van der Waals surface area contributed by atoms with E-state index in [0.717, 1.165) is 22.9 Å². The van der Waals surface area contributed by atoms with Crippen LogP contribution in [0.25, 0.3) is 22.0 Å². The van der Waals surface area contributed by atoms with Crippen LogP contribution in [0.15, 0.2) is 85.8 Å². The van der Waals surface area contributed by atoms with Crippen LogP contribution < -0.4 is 5.32 Å². The molecule has 1 atom stereocenters. The zero-order valence-electron chi connectivity index (χ0n) is 17.5. The summed E-state index contributed by atoms with van der Waals surface area (Å²) >= 11 is 0. The average molecular weight is 423 g/mol. The SMILES string of the molecule is CCC(c1ccccc1)n1cc(NC(=O)n2ncc3ccc(-c4cncnc4)cc32)cn1.